The predicted molar refractivity (Wildman–Crippen MR) is 145 cm³/mol. The third-order valence-corrected chi connectivity index (χ3v) is 8.56. The number of nitrogens with one attached hydrogen (secondary N) is 2. The third-order valence-electron chi connectivity index (χ3n) is 7.37. The van der Waals surface area contributed by atoms with Crippen LogP contribution in [0.25, 0.3) is 22.2 Å². The van der Waals surface area contributed by atoms with Gasteiger partial charge in [0.1, 0.15) is 11.8 Å². The Labute approximate surface area is 221 Å². The maximum absolute atomic E-state index is 12.6. The molecule has 0 spiro atoms. The molecule has 2 aromatic heterocycles. The largest absolute Gasteiger partial charge is 0.437 e. The van der Waals surface area contributed by atoms with Crippen LogP contribution in [0.15, 0.2) is 61.1 Å². The smallest absolute Gasteiger partial charge is 0.299 e. The third kappa shape index (κ3) is 4.83. The summed E-state index contributed by atoms with van der Waals surface area (Å²) in [7, 11) is -3.68. The van der Waals surface area contributed by atoms with Crippen LogP contribution in [0.3, 0.4) is 0 Å². The van der Waals surface area contributed by atoms with Gasteiger partial charge in [0.05, 0.1) is 23.0 Å². The van der Waals surface area contributed by atoms with Crippen LogP contribution < -0.4 is 14.2 Å². The number of ether oxygens (including phenoxy) is 1. The van der Waals surface area contributed by atoms with Crippen LogP contribution in [-0.4, -0.2) is 29.0 Å². The number of anilines is 1. The molecule has 0 saturated heterocycles. The maximum Gasteiger partial charge on any atom is 0.299 e. The van der Waals surface area contributed by atoms with Crippen LogP contribution >= 0.6 is 0 Å². The lowest BCUT2D eigenvalue weighted by Crippen LogP contribution is -2.38. The normalized spacial score (nSPS) is 16.5. The molecule has 2 heterocycles. The quantitative estimate of drug-likeness (QED) is 0.294. The van der Waals surface area contributed by atoms with E-state index in [9.17, 15) is 13.7 Å². The van der Waals surface area contributed by atoms with Crippen molar-refractivity contribution < 1.29 is 13.2 Å². The van der Waals surface area contributed by atoms with Crippen molar-refractivity contribution in [3.63, 3.8) is 0 Å². The van der Waals surface area contributed by atoms with Gasteiger partial charge in [-0.05, 0) is 74.8 Å². The standard InChI is InChI=1S/C28H28N6O3S/c1-18(19-5-6-19)32-38(35,36)33-21-9-7-20(8-10-21)28-25(16-29)24-12-11-23(37-27-17-30-13-14-31-27)15-26(24)34(28)22-3-2-4-22/h7-15,17-19,22,32-33H,2-6H2,1H3/t18-/m0/s1. The van der Waals surface area contributed by atoms with Gasteiger partial charge < -0.3 is 9.30 Å². The fourth-order valence-electron chi connectivity index (χ4n) is 5.05. The highest BCUT2D eigenvalue weighted by Crippen LogP contribution is 2.43. The Bertz CT molecular complexity index is 1620. The topological polar surface area (TPSA) is 122 Å². The van der Waals surface area contributed by atoms with Crippen LogP contribution in [0.5, 0.6) is 11.6 Å². The van der Waals surface area contributed by atoms with Crippen molar-refractivity contribution in [2.45, 2.75) is 51.1 Å². The van der Waals surface area contributed by atoms with E-state index in [0.717, 1.165) is 54.3 Å². The highest BCUT2D eigenvalue weighted by atomic mass is 32.2. The van der Waals surface area contributed by atoms with Gasteiger partial charge in [-0.2, -0.15) is 18.4 Å². The van der Waals surface area contributed by atoms with Gasteiger partial charge in [0.15, 0.2) is 0 Å². The first-order chi connectivity index (χ1) is 18.4. The van der Waals surface area contributed by atoms with Gasteiger partial charge in [-0.3, -0.25) is 9.71 Å². The SMILES string of the molecule is C[C@H](NS(=O)(=O)Nc1ccc(-c2c(C#N)c3ccc(Oc4cnccn4)cc3n2C2CCC2)cc1)C1CC1. The minimum atomic E-state index is -3.68. The summed E-state index contributed by atoms with van der Waals surface area (Å²) in [6.45, 7) is 1.90. The fourth-order valence-corrected chi connectivity index (χ4v) is 6.24. The fraction of sp³-hybridized carbons (Fsp3) is 0.321. The zero-order chi connectivity index (χ0) is 26.3. The van der Waals surface area contributed by atoms with E-state index < -0.39 is 10.2 Å². The molecule has 6 rings (SSSR count). The Morgan fingerprint density at radius 2 is 1.89 bits per heavy atom. The molecule has 9 nitrogen and oxygen atoms in total. The van der Waals surface area contributed by atoms with Crippen LogP contribution in [0.4, 0.5) is 5.69 Å². The van der Waals surface area contributed by atoms with Crippen molar-refractivity contribution in [1.29, 1.82) is 5.26 Å². The number of fused-ring (bicyclic) bond motifs is 1. The van der Waals surface area contributed by atoms with Gasteiger partial charge in [0.25, 0.3) is 10.2 Å². The molecule has 10 heteroatoms. The van der Waals surface area contributed by atoms with E-state index in [-0.39, 0.29) is 12.1 Å². The van der Waals surface area contributed by atoms with Gasteiger partial charge >= 0.3 is 0 Å². The lowest BCUT2D eigenvalue weighted by Gasteiger charge is -2.30. The Morgan fingerprint density at radius 3 is 2.53 bits per heavy atom. The summed E-state index contributed by atoms with van der Waals surface area (Å²) in [6.07, 6.45) is 10.0. The van der Waals surface area contributed by atoms with E-state index in [1.807, 2.05) is 37.3 Å². The zero-order valence-electron chi connectivity index (χ0n) is 21.0. The average molecular weight is 529 g/mol. The van der Waals surface area contributed by atoms with Gasteiger partial charge in [0, 0.05) is 41.6 Å². The van der Waals surface area contributed by atoms with Gasteiger partial charge in [0.2, 0.25) is 5.88 Å². The second-order valence-electron chi connectivity index (χ2n) is 10.0. The first-order valence-electron chi connectivity index (χ1n) is 12.8. The molecule has 2 aliphatic rings. The van der Waals surface area contributed by atoms with Crippen molar-refractivity contribution in [3.05, 3.63) is 66.6 Å². The minimum absolute atomic E-state index is 0.0917. The Kier molecular flexibility index (Phi) is 6.26. The van der Waals surface area contributed by atoms with E-state index in [0.29, 0.717) is 28.8 Å². The van der Waals surface area contributed by atoms with E-state index in [2.05, 4.69) is 30.0 Å². The number of benzene rings is 2. The molecule has 2 saturated carbocycles. The summed E-state index contributed by atoms with van der Waals surface area (Å²) < 4.78 is 38.6. The molecule has 194 valence electrons. The molecule has 2 aromatic carbocycles. The Hall–Kier alpha value is -3.94. The molecule has 0 bridgehead atoms. The first-order valence-corrected chi connectivity index (χ1v) is 14.3. The second-order valence-corrected chi connectivity index (χ2v) is 11.5. The summed E-state index contributed by atoms with van der Waals surface area (Å²) in [5.74, 6) is 1.43. The minimum Gasteiger partial charge on any atom is -0.437 e. The summed E-state index contributed by atoms with van der Waals surface area (Å²) in [6, 6.07) is 15.5. The summed E-state index contributed by atoms with van der Waals surface area (Å²) in [4.78, 5) is 8.24. The average Bonchev–Trinajstić information content (AvgIpc) is 3.68. The van der Waals surface area contributed by atoms with E-state index >= 15 is 0 Å². The molecular weight excluding hydrogens is 500 g/mol. The van der Waals surface area contributed by atoms with Gasteiger partial charge in [-0.1, -0.05) is 12.1 Å². The Balaban J connectivity index is 1.35. The highest BCUT2D eigenvalue weighted by Gasteiger charge is 2.31. The number of nitriles is 1. The highest BCUT2D eigenvalue weighted by molar-refractivity contribution is 7.90. The molecule has 2 aliphatic carbocycles. The van der Waals surface area contributed by atoms with Crippen molar-refractivity contribution in [1.82, 2.24) is 19.3 Å². The predicted octanol–water partition coefficient (Wildman–Crippen LogP) is 5.53. The van der Waals surface area contributed by atoms with Crippen LogP contribution in [0.2, 0.25) is 0 Å². The van der Waals surface area contributed by atoms with Crippen molar-refractivity contribution >= 4 is 26.8 Å². The molecule has 0 radical (unpaired) electrons. The maximum atomic E-state index is 12.6. The van der Waals surface area contributed by atoms with Gasteiger partial charge in [-0.15, -0.1) is 0 Å². The van der Waals surface area contributed by atoms with Crippen LogP contribution in [0.1, 0.15) is 50.6 Å². The Morgan fingerprint density at radius 1 is 1.11 bits per heavy atom. The molecule has 2 fully saturated rings. The molecule has 2 N–H and O–H groups in total. The zero-order valence-corrected chi connectivity index (χ0v) is 21.8. The van der Waals surface area contributed by atoms with Crippen molar-refractivity contribution in [2.24, 2.45) is 5.92 Å². The van der Waals surface area contributed by atoms with Gasteiger partial charge in [-0.25, -0.2) is 4.98 Å². The van der Waals surface area contributed by atoms with E-state index in [1.54, 1.807) is 30.7 Å². The molecule has 0 aliphatic heterocycles. The molecule has 4 aromatic rings. The molecule has 0 amide bonds. The molecule has 38 heavy (non-hydrogen) atoms. The molecular formula is C28H28N6O3S. The monoisotopic (exact) mass is 528 g/mol. The van der Waals surface area contributed by atoms with Crippen molar-refractivity contribution in [3.8, 4) is 29.0 Å². The molecule has 0 unspecified atom stereocenters. The molecule has 1 atom stereocenters. The first kappa shape index (κ1) is 24.4. The lowest BCUT2D eigenvalue weighted by atomic mass is 9.92. The van der Waals surface area contributed by atoms with Crippen molar-refractivity contribution in [2.75, 3.05) is 4.72 Å². The number of nitrogens with zero attached hydrogens (tertiary/aromatic N) is 4. The van der Waals surface area contributed by atoms with E-state index in [4.69, 9.17) is 4.74 Å². The number of hydrogen-bond donors (Lipinski definition) is 2. The number of rotatable bonds is 9. The van der Waals surface area contributed by atoms with Crippen LogP contribution in [0, 0.1) is 17.2 Å². The lowest BCUT2D eigenvalue weighted by molar-refractivity contribution is 0.324. The van der Waals surface area contributed by atoms with Crippen LogP contribution in [-0.2, 0) is 10.2 Å². The number of hydrogen-bond acceptors (Lipinski definition) is 6. The second kappa shape index (κ2) is 9.74. The summed E-state index contributed by atoms with van der Waals surface area (Å²) >= 11 is 0. The van der Waals surface area contributed by atoms with E-state index in [1.165, 1.54) is 0 Å². The summed E-state index contributed by atoms with van der Waals surface area (Å²) in [5.41, 5.74) is 3.66. The summed E-state index contributed by atoms with van der Waals surface area (Å²) in [5, 5.41) is 11.0. The number of aromatic nitrogens is 3.